The first-order valence-electron chi connectivity index (χ1n) is 7.54. The average molecular weight is 275 g/mol. The molecule has 1 heterocycles. The molecule has 1 atom stereocenters. The second kappa shape index (κ2) is 7.29. The summed E-state index contributed by atoms with van der Waals surface area (Å²) < 4.78 is 0. The number of hydrogen-bond acceptors (Lipinski definition) is 3. The van der Waals surface area contributed by atoms with E-state index >= 15 is 0 Å². The van der Waals surface area contributed by atoms with Crippen molar-refractivity contribution in [2.75, 3.05) is 31.6 Å². The number of anilines is 1. The molecule has 0 bridgehead atoms. The normalized spacial score (nSPS) is 18.3. The van der Waals surface area contributed by atoms with E-state index in [1.165, 1.54) is 11.3 Å². The number of carbonyl (C=O) groups is 1. The molecule has 0 aromatic heterocycles. The van der Waals surface area contributed by atoms with Crippen LogP contribution >= 0.6 is 0 Å². The number of rotatable bonds is 5. The van der Waals surface area contributed by atoms with E-state index < -0.39 is 0 Å². The molecule has 1 unspecified atom stereocenters. The van der Waals surface area contributed by atoms with Gasteiger partial charge in [-0.2, -0.15) is 0 Å². The summed E-state index contributed by atoms with van der Waals surface area (Å²) in [4.78, 5) is 13.9. The smallest absolute Gasteiger partial charge is 0.239 e. The molecule has 0 radical (unpaired) electrons. The number of nitrogens with one attached hydrogen (secondary N) is 2. The third-order valence-corrected chi connectivity index (χ3v) is 3.83. The van der Waals surface area contributed by atoms with E-state index in [4.69, 9.17) is 0 Å². The molecule has 1 aliphatic heterocycles. The zero-order valence-electron chi connectivity index (χ0n) is 12.5. The van der Waals surface area contributed by atoms with E-state index in [-0.39, 0.29) is 5.91 Å². The first-order valence-corrected chi connectivity index (χ1v) is 7.54. The molecule has 2 rings (SSSR count). The molecule has 1 aromatic carbocycles. The molecule has 0 spiro atoms. The van der Waals surface area contributed by atoms with E-state index in [1.807, 2.05) is 0 Å². The second-order valence-corrected chi connectivity index (χ2v) is 5.30. The van der Waals surface area contributed by atoms with Crippen LogP contribution in [0.3, 0.4) is 0 Å². The van der Waals surface area contributed by atoms with E-state index in [9.17, 15) is 4.79 Å². The Hall–Kier alpha value is -1.55. The highest BCUT2D eigenvalue weighted by atomic mass is 16.1. The van der Waals surface area contributed by atoms with Gasteiger partial charge in [-0.05, 0) is 37.4 Å². The Balaban J connectivity index is 2.22. The average Bonchev–Trinajstić information content (AvgIpc) is 2.65. The van der Waals surface area contributed by atoms with Crippen molar-refractivity contribution < 1.29 is 4.79 Å². The van der Waals surface area contributed by atoms with E-state index in [0.29, 0.717) is 12.6 Å². The van der Waals surface area contributed by atoms with Gasteiger partial charge in [-0.15, -0.1) is 0 Å². The lowest BCUT2D eigenvalue weighted by Gasteiger charge is -2.25. The van der Waals surface area contributed by atoms with Crippen molar-refractivity contribution in [3.05, 3.63) is 29.8 Å². The predicted octanol–water partition coefficient (Wildman–Crippen LogP) is 2.07. The van der Waals surface area contributed by atoms with Crippen LogP contribution in [0.2, 0.25) is 0 Å². The molecule has 0 saturated carbocycles. The van der Waals surface area contributed by atoms with Crippen LogP contribution in [0.15, 0.2) is 24.3 Å². The summed E-state index contributed by atoms with van der Waals surface area (Å²) in [5.41, 5.74) is 2.52. The Morgan fingerprint density at radius 1 is 1.40 bits per heavy atom. The first kappa shape index (κ1) is 14.9. The Labute approximate surface area is 121 Å². The summed E-state index contributed by atoms with van der Waals surface area (Å²) in [5.74, 6) is 0.0692. The monoisotopic (exact) mass is 275 g/mol. The van der Waals surface area contributed by atoms with Gasteiger partial charge in [-0.25, -0.2) is 0 Å². The molecule has 110 valence electrons. The molecule has 20 heavy (non-hydrogen) atoms. The number of hydrogen-bond donors (Lipinski definition) is 2. The van der Waals surface area contributed by atoms with Crippen LogP contribution in [0.25, 0.3) is 0 Å². The number of carbonyl (C=O) groups excluding carboxylic acids is 1. The van der Waals surface area contributed by atoms with Crippen molar-refractivity contribution in [2.24, 2.45) is 0 Å². The summed E-state index contributed by atoms with van der Waals surface area (Å²) >= 11 is 0. The minimum Gasteiger partial charge on any atom is -0.362 e. The minimum absolute atomic E-state index is 0.0692. The fourth-order valence-corrected chi connectivity index (χ4v) is 2.78. The van der Waals surface area contributed by atoms with Gasteiger partial charge < -0.3 is 15.5 Å². The largest absolute Gasteiger partial charge is 0.362 e. The van der Waals surface area contributed by atoms with Crippen LogP contribution in [0, 0.1) is 0 Å². The van der Waals surface area contributed by atoms with E-state index in [2.05, 4.69) is 46.7 Å². The lowest BCUT2D eigenvalue weighted by atomic mass is 10.0. The van der Waals surface area contributed by atoms with Crippen LogP contribution < -0.4 is 15.5 Å². The molecular weight excluding hydrogens is 250 g/mol. The van der Waals surface area contributed by atoms with Crippen molar-refractivity contribution in [3.63, 3.8) is 0 Å². The molecule has 4 nitrogen and oxygen atoms in total. The third-order valence-electron chi connectivity index (χ3n) is 3.83. The topological polar surface area (TPSA) is 44.4 Å². The highest BCUT2D eigenvalue weighted by molar-refractivity contribution is 5.81. The third kappa shape index (κ3) is 3.51. The highest BCUT2D eigenvalue weighted by Gasteiger charge is 2.23. The standard InChI is InChI=1S/C16H25N3O/c1-3-10-18-14-8-6-11-19(12-16(20)17-2)15-9-5-4-7-13(14)15/h4-5,7,9,14,18H,3,6,8,10-12H2,1-2H3,(H,17,20). The van der Waals surface area contributed by atoms with Crippen molar-refractivity contribution in [2.45, 2.75) is 32.2 Å². The van der Waals surface area contributed by atoms with Gasteiger partial charge in [0.2, 0.25) is 5.91 Å². The zero-order valence-corrected chi connectivity index (χ0v) is 12.5. The van der Waals surface area contributed by atoms with Crippen LogP contribution in [-0.2, 0) is 4.79 Å². The molecule has 0 fully saturated rings. The van der Waals surface area contributed by atoms with E-state index in [1.54, 1.807) is 7.05 Å². The summed E-state index contributed by atoms with van der Waals surface area (Å²) in [5, 5.41) is 6.34. The van der Waals surface area contributed by atoms with Crippen molar-refractivity contribution in [1.29, 1.82) is 0 Å². The van der Waals surface area contributed by atoms with Crippen LogP contribution in [0.1, 0.15) is 37.8 Å². The van der Waals surface area contributed by atoms with Crippen LogP contribution in [0.5, 0.6) is 0 Å². The molecule has 0 aliphatic carbocycles. The molecule has 1 amide bonds. The van der Waals surface area contributed by atoms with Gasteiger partial charge in [-0.3, -0.25) is 4.79 Å². The number of fused-ring (bicyclic) bond motifs is 1. The summed E-state index contributed by atoms with van der Waals surface area (Å²) in [6.45, 7) is 4.60. The first-order chi connectivity index (χ1) is 9.76. The maximum atomic E-state index is 11.7. The Bertz CT molecular complexity index is 447. The second-order valence-electron chi connectivity index (χ2n) is 5.30. The van der Waals surface area contributed by atoms with Gasteiger partial charge in [0, 0.05) is 25.3 Å². The van der Waals surface area contributed by atoms with Crippen molar-refractivity contribution in [1.82, 2.24) is 10.6 Å². The summed E-state index contributed by atoms with van der Waals surface area (Å²) in [6.07, 6.45) is 3.37. The quantitative estimate of drug-likeness (QED) is 0.864. The lowest BCUT2D eigenvalue weighted by Crippen LogP contribution is -2.36. The maximum absolute atomic E-state index is 11.7. The maximum Gasteiger partial charge on any atom is 0.239 e. The SMILES string of the molecule is CCCNC1CCCN(CC(=O)NC)c2ccccc21. The summed E-state index contributed by atoms with van der Waals surface area (Å²) in [6, 6.07) is 8.86. The van der Waals surface area contributed by atoms with Crippen molar-refractivity contribution in [3.8, 4) is 0 Å². The minimum atomic E-state index is 0.0692. The Morgan fingerprint density at radius 3 is 2.95 bits per heavy atom. The van der Waals surface area contributed by atoms with Crippen LogP contribution in [-0.4, -0.2) is 32.6 Å². The lowest BCUT2D eigenvalue weighted by molar-refractivity contribution is -0.119. The number of amides is 1. The van der Waals surface area contributed by atoms with Gasteiger partial charge in [-0.1, -0.05) is 25.1 Å². The summed E-state index contributed by atoms with van der Waals surface area (Å²) in [7, 11) is 1.69. The number of benzene rings is 1. The molecule has 1 aromatic rings. The Morgan fingerprint density at radius 2 is 2.20 bits per heavy atom. The van der Waals surface area contributed by atoms with Crippen LogP contribution in [0.4, 0.5) is 5.69 Å². The molecular formula is C16H25N3O. The van der Waals surface area contributed by atoms with Gasteiger partial charge in [0.1, 0.15) is 0 Å². The number of nitrogens with zero attached hydrogens (tertiary/aromatic N) is 1. The van der Waals surface area contributed by atoms with Gasteiger partial charge >= 0.3 is 0 Å². The molecule has 1 aliphatic rings. The number of para-hydroxylation sites is 1. The van der Waals surface area contributed by atoms with E-state index in [0.717, 1.165) is 32.4 Å². The molecule has 4 heteroatoms. The van der Waals surface area contributed by atoms with Gasteiger partial charge in [0.15, 0.2) is 0 Å². The predicted molar refractivity (Wildman–Crippen MR) is 83.0 cm³/mol. The molecule has 2 N–H and O–H groups in total. The Kier molecular flexibility index (Phi) is 5.41. The number of likely N-dealkylation sites (N-methyl/N-ethyl adjacent to an activating group) is 1. The van der Waals surface area contributed by atoms with Gasteiger partial charge in [0.25, 0.3) is 0 Å². The van der Waals surface area contributed by atoms with Crippen molar-refractivity contribution >= 4 is 11.6 Å². The molecule has 0 saturated heterocycles. The zero-order chi connectivity index (χ0) is 14.4. The van der Waals surface area contributed by atoms with Gasteiger partial charge in [0.05, 0.1) is 6.54 Å². The fourth-order valence-electron chi connectivity index (χ4n) is 2.78. The highest BCUT2D eigenvalue weighted by Crippen LogP contribution is 2.32. The fraction of sp³-hybridized carbons (Fsp3) is 0.562.